The van der Waals surface area contributed by atoms with Crippen molar-refractivity contribution >= 4 is 58.4 Å². The zero-order valence-corrected chi connectivity index (χ0v) is 20.9. The first kappa shape index (κ1) is 25.9. The van der Waals surface area contributed by atoms with Gasteiger partial charge in [0.15, 0.2) is 0 Å². The highest BCUT2D eigenvalue weighted by Gasteiger charge is 2.26. The molecule has 0 saturated heterocycles. The lowest BCUT2D eigenvalue weighted by molar-refractivity contribution is -0.138. The number of benzene rings is 2. The smallest absolute Gasteiger partial charge is 0.242 e. The SMILES string of the molecule is CC[C@H](C)NC(=O)[C@@H](C)N(Cc1cccc(Cl)c1)C(=O)CSCc1ccc(Cl)c(Cl)c1. The molecule has 4 nitrogen and oxygen atoms in total. The van der Waals surface area contributed by atoms with E-state index >= 15 is 0 Å². The van der Waals surface area contributed by atoms with Crippen LogP contribution >= 0.6 is 46.6 Å². The van der Waals surface area contributed by atoms with Crippen LogP contribution in [0.1, 0.15) is 38.3 Å². The van der Waals surface area contributed by atoms with Crippen molar-refractivity contribution in [2.45, 2.75) is 51.6 Å². The van der Waals surface area contributed by atoms with Gasteiger partial charge in [0, 0.05) is 23.4 Å². The molecule has 0 aliphatic rings. The van der Waals surface area contributed by atoms with Gasteiger partial charge in [-0.05, 0) is 55.7 Å². The zero-order valence-electron chi connectivity index (χ0n) is 17.8. The van der Waals surface area contributed by atoms with Crippen LogP contribution in [-0.2, 0) is 21.9 Å². The van der Waals surface area contributed by atoms with Crippen molar-refractivity contribution in [2.75, 3.05) is 5.75 Å². The van der Waals surface area contributed by atoms with E-state index in [1.54, 1.807) is 30.0 Å². The fraction of sp³-hybridized carbons (Fsp3) is 0.391. The highest BCUT2D eigenvalue weighted by atomic mass is 35.5. The average molecular weight is 502 g/mol. The lowest BCUT2D eigenvalue weighted by Gasteiger charge is -2.29. The molecular formula is C23H27Cl3N2O2S. The Morgan fingerprint density at radius 1 is 1.03 bits per heavy atom. The first-order valence-corrected chi connectivity index (χ1v) is 12.4. The second kappa shape index (κ2) is 12.6. The van der Waals surface area contributed by atoms with Crippen LogP contribution in [-0.4, -0.2) is 34.6 Å². The molecular weight excluding hydrogens is 475 g/mol. The van der Waals surface area contributed by atoms with E-state index in [1.807, 2.05) is 38.1 Å². The molecule has 0 spiro atoms. The minimum Gasteiger partial charge on any atom is -0.352 e. The third kappa shape index (κ3) is 8.23. The summed E-state index contributed by atoms with van der Waals surface area (Å²) in [6.07, 6.45) is 0.820. The minimum atomic E-state index is -0.606. The fourth-order valence-electron chi connectivity index (χ4n) is 2.85. The van der Waals surface area contributed by atoms with Gasteiger partial charge in [0.2, 0.25) is 11.8 Å². The molecule has 2 rings (SSSR count). The second-order valence-electron chi connectivity index (χ2n) is 7.39. The topological polar surface area (TPSA) is 49.4 Å². The highest BCUT2D eigenvalue weighted by molar-refractivity contribution is 7.99. The summed E-state index contributed by atoms with van der Waals surface area (Å²) in [6.45, 7) is 6.01. The molecule has 0 fully saturated rings. The molecule has 2 amide bonds. The van der Waals surface area contributed by atoms with E-state index in [0.717, 1.165) is 17.5 Å². The van der Waals surface area contributed by atoms with E-state index in [0.29, 0.717) is 27.4 Å². The van der Waals surface area contributed by atoms with Crippen LogP contribution in [0.25, 0.3) is 0 Å². The highest BCUT2D eigenvalue weighted by Crippen LogP contribution is 2.25. The van der Waals surface area contributed by atoms with Crippen molar-refractivity contribution in [1.29, 1.82) is 0 Å². The lowest BCUT2D eigenvalue weighted by Crippen LogP contribution is -2.50. The van der Waals surface area contributed by atoms with Crippen LogP contribution < -0.4 is 5.32 Å². The molecule has 2 atom stereocenters. The van der Waals surface area contributed by atoms with E-state index < -0.39 is 6.04 Å². The Bertz CT molecular complexity index is 910. The van der Waals surface area contributed by atoms with Crippen molar-refractivity contribution < 1.29 is 9.59 Å². The number of thioether (sulfide) groups is 1. The number of amides is 2. The molecule has 0 radical (unpaired) electrons. The summed E-state index contributed by atoms with van der Waals surface area (Å²) < 4.78 is 0. The number of carbonyl (C=O) groups excluding carboxylic acids is 2. The summed E-state index contributed by atoms with van der Waals surface area (Å²) in [4.78, 5) is 27.4. The Morgan fingerprint density at radius 3 is 2.42 bits per heavy atom. The predicted octanol–water partition coefficient (Wildman–Crippen LogP) is 6.21. The Balaban J connectivity index is 2.08. The van der Waals surface area contributed by atoms with Gasteiger partial charge in [-0.2, -0.15) is 0 Å². The molecule has 0 heterocycles. The molecule has 0 aliphatic heterocycles. The summed E-state index contributed by atoms with van der Waals surface area (Å²) in [6, 6.07) is 12.2. The van der Waals surface area contributed by atoms with Gasteiger partial charge in [0.05, 0.1) is 15.8 Å². The number of halogens is 3. The maximum Gasteiger partial charge on any atom is 0.242 e. The Hall–Kier alpha value is -1.40. The van der Waals surface area contributed by atoms with E-state index in [-0.39, 0.29) is 23.6 Å². The van der Waals surface area contributed by atoms with Crippen LogP contribution in [0.15, 0.2) is 42.5 Å². The number of nitrogens with one attached hydrogen (secondary N) is 1. The first-order chi connectivity index (χ1) is 14.7. The van der Waals surface area contributed by atoms with Crippen molar-refractivity contribution in [3.8, 4) is 0 Å². The summed E-state index contributed by atoms with van der Waals surface area (Å²) >= 11 is 19.6. The predicted molar refractivity (Wildman–Crippen MR) is 132 cm³/mol. The number of hydrogen-bond donors (Lipinski definition) is 1. The molecule has 8 heteroatoms. The first-order valence-electron chi connectivity index (χ1n) is 10.1. The van der Waals surface area contributed by atoms with E-state index in [9.17, 15) is 9.59 Å². The van der Waals surface area contributed by atoms with Crippen LogP contribution in [0, 0.1) is 0 Å². The lowest BCUT2D eigenvalue weighted by atomic mass is 10.1. The average Bonchev–Trinajstić information content (AvgIpc) is 2.73. The molecule has 1 N–H and O–H groups in total. The Morgan fingerprint density at radius 2 is 1.77 bits per heavy atom. The van der Waals surface area contributed by atoms with E-state index in [1.165, 1.54) is 11.8 Å². The van der Waals surface area contributed by atoms with Crippen LogP contribution in [0.3, 0.4) is 0 Å². The second-order valence-corrected chi connectivity index (χ2v) is 9.62. The molecule has 2 aromatic rings. The summed E-state index contributed by atoms with van der Waals surface area (Å²) in [5.41, 5.74) is 1.86. The van der Waals surface area contributed by atoms with Crippen LogP contribution in [0.2, 0.25) is 15.1 Å². The maximum absolute atomic E-state index is 13.1. The van der Waals surface area contributed by atoms with Gasteiger partial charge in [0.25, 0.3) is 0 Å². The van der Waals surface area contributed by atoms with Gasteiger partial charge in [0.1, 0.15) is 6.04 Å². The Kier molecular flexibility index (Phi) is 10.5. The zero-order chi connectivity index (χ0) is 23.0. The van der Waals surface area contributed by atoms with Crippen LogP contribution in [0.4, 0.5) is 0 Å². The van der Waals surface area contributed by atoms with E-state index in [2.05, 4.69) is 5.32 Å². The summed E-state index contributed by atoms with van der Waals surface area (Å²) in [7, 11) is 0. The number of nitrogens with zero attached hydrogens (tertiary/aromatic N) is 1. The van der Waals surface area contributed by atoms with Crippen LogP contribution in [0.5, 0.6) is 0 Å². The number of carbonyl (C=O) groups is 2. The molecule has 0 bridgehead atoms. The monoisotopic (exact) mass is 500 g/mol. The molecule has 0 aromatic heterocycles. The van der Waals surface area contributed by atoms with Crippen molar-refractivity contribution in [3.63, 3.8) is 0 Å². The molecule has 2 aromatic carbocycles. The molecule has 31 heavy (non-hydrogen) atoms. The van der Waals surface area contributed by atoms with Gasteiger partial charge in [-0.1, -0.05) is 59.9 Å². The third-order valence-corrected chi connectivity index (χ3v) is 6.85. The van der Waals surface area contributed by atoms with E-state index in [4.69, 9.17) is 34.8 Å². The normalized spacial score (nSPS) is 12.8. The molecule has 0 aliphatic carbocycles. The van der Waals surface area contributed by atoms with Gasteiger partial charge in [-0.15, -0.1) is 11.8 Å². The molecule has 0 unspecified atom stereocenters. The van der Waals surface area contributed by atoms with Crippen molar-refractivity contribution in [1.82, 2.24) is 10.2 Å². The molecule has 0 saturated carbocycles. The summed E-state index contributed by atoms with van der Waals surface area (Å²) in [5, 5.41) is 4.55. The largest absolute Gasteiger partial charge is 0.352 e. The maximum atomic E-state index is 13.1. The molecule has 168 valence electrons. The van der Waals surface area contributed by atoms with Gasteiger partial charge in [-0.3, -0.25) is 9.59 Å². The minimum absolute atomic E-state index is 0.0436. The fourth-order valence-corrected chi connectivity index (χ4v) is 4.24. The Labute approximate surface area is 203 Å². The number of rotatable bonds is 10. The quantitative estimate of drug-likeness (QED) is 0.421. The summed E-state index contributed by atoms with van der Waals surface area (Å²) in [5.74, 6) is 0.569. The van der Waals surface area contributed by atoms with Gasteiger partial charge >= 0.3 is 0 Å². The number of hydrogen-bond acceptors (Lipinski definition) is 3. The third-order valence-electron chi connectivity index (χ3n) is 4.89. The van der Waals surface area contributed by atoms with Gasteiger partial charge < -0.3 is 10.2 Å². The van der Waals surface area contributed by atoms with Crippen molar-refractivity contribution in [2.24, 2.45) is 0 Å². The van der Waals surface area contributed by atoms with Gasteiger partial charge in [-0.25, -0.2) is 0 Å². The standard InChI is InChI=1S/C23H27Cl3N2O2S/c1-4-15(2)27-23(30)16(3)28(12-17-6-5-7-19(24)10-17)22(29)14-31-13-18-8-9-20(25)21(26)11-18/h5-11,15-16H,4,12-14H2,1-3H3,(H,27,30)/t15-,16+/m0/s1. The van der Waals surface area contributed by atoms with Crippen molar-refractivity contribution in [3.05, 3.63) is 68.7 Å².